The Hall–Kier alpha value is -1.92. The zero-order chi connectivity index (χ0) is 23.2. The van der Waals surface area contributed by atoms with E-state index in [4.69, 9.17) is 4.74 Å². The summed E-state index contributed by atoms with van der Waals surface area (Å²) in [5.74, 6) is 0.305. The molecule has 178 valence electrons. The van der Waals surface area contributed by atoms with Crippen molar-refractivity contribution in [2.75, 3.05) is 27.2 Å². The van der Waals surface area contributed by atoms with Gasteiger partial charge in [0.05, 0.1) is 12.0 Å². The van der Waals surface area contributed by atoms with Gasteiger partial charge in [0.25, 0.3) is 0 Å². The van der Waals surface area contributed by atoms with Gasteiger partial charge in [0.1, 0.15) is 5.75 Å². The molecule has 2 saturated carbocycles. The third kappa shape index (κ3) is 6.32. The van der Waals surface area contributed by atoms with Crippen LogP contribution in [-0.2, 0) is 15.2 Å². The zero-order valence-electron chi connectivity index (χ0n) is 20.0. The van der Waals surface area contributed by atoms with Crippen LogP contribution in [0.5, 0.6) is 5.75 Å². The summed E-state index contributed by atoms with van der Waals surface area (Å²) < 4.78 is 5.77. The summed E-state index contributed by atoms with van der Waals surface area (Å²) in [7, 11) is 4.07. The molecule has 2 atom stereocenters. The molecular formula is C26H40N2O4. The number of carbonyl (C=O) groups excluding carboxylic acids is 2. The zero-order valence-corrected chi connectivity index (χ0v) is 20.0. The molecule has 1 aromatic rings. The lowest BCUT2D eigenvalue weighted by Gasteiger charge is -2.41. The summed E-state index contributed by atoms with van der Waals surface area (Å²) in [6, 6.07) is 7.44. The van der Waals surface area contributed by atoms with E-state index in [1.54, 1.807) is 6.07 Å². The average Bonchev–Trinajstić information content (AvgIpc) is 2.74. The van der Waals surface area contributed by atoms with Crippen molar-refractivity contribution in [3.05, 3.63) is 29.8 Å². The molecule has 2 fully saturated rings. The topological polar surface area (TPSA) is 78.9 Å². The van der Waals surface area contributed by atoms with Crippen LogP contribution in [0.2, 0.25) is 0 Å². The molecule has 2 N–H and O–H groups in total. The smallest absolute Gasteiger partial charge is 0.311 e. The minimum atomic E-state index is -0.902. The number of amides is 1. The van der Waals surface area contributed by atoms with E-state index in [1.807, 2.05) is 32.3 Å². The first-order chi connectivity index (χ1) is 15.2. The molecule has 2 aliphatic carbocycles. The first-order valence-electron chi connectivity index (χ1n) is 12.2. The van der Waals surface area contributed by atoms with E-state index in [0.717, 1.165) is 63.5 Å². The third-order valence-electron chi connectivity index (χ3n) is 7.33. The van der Waals surface area contributed by atoms with Crippen molar-refractivity contribution in [2.24, 2.45) is 11.3 Å². The van der Waals surface area contributed by atoms with Gasteiger partial charge in [-0.2, -0.15) is 0 Å². The highest BCUT2D eigenvalue weighted by molar-refractivity contribution is 5.74. The fourth-order valence-corrected chi connectivity index (χ4v) is 5.62. The SMILES string of the molecule is CC(=O)NCC1(CC(=O)Oc2cccc(C3(O)CCCCC3CN(C)C)c2)CCCCC1. The second-order valence-electron chi connectivity index (χ2n) is 10.3. The second kappa shape index (κ2) is 10.8. The number of nitrogens with one attached hydrogen (secondary N) is 1. The van der Waals surface area contributed by atoms with Gasteiger partial charge in [0.15, 0.2) is 0 Å². The van der Waals surface area contributed by atoms with E-state index in [9.17, 15) is 14.7 Å². The monoisotopic (exact) mass is 444 g/mol. The molecule has 6 heteroatoms. The van der Waals surface area contributed by atoms with Crippen LogP contribution in [0.15, 0.2) is 24.3 Å². The van der Waals surface area contributed by atoms with Crippen LogP contribution >= 0.6 is 0 Å². The van der Waals surface area contributed by atoms with Crippen molar-refractivity contribution in [1.29, 1.82) is 0 Å². The average molecular weight is 445 g/mol. The Morgan fingerprint density at radius 2 is 1.84 bits per heavy atom. The number of hydrogen-bond donors (Lipinski definition) is 2. The first kappa shape index (κ1) is 24.7. The lowest BCUT2D eigenvalue weighted by Crippen LogP contribution is -2.43. The highest BCUT2D eigenvalue weighted by atomic mass is 16.5. The Kier molecular flexibility index (Phi) is 8.34. The Morgan fingerprint density at radius 1 is 1.12 bits per heavy atom. The van der Waals surface area contributed by atoms with E-state index < -0.39 is 5.60 Å². The maximum atomic E-state index is 12.9. The fourth-order valence-electron chi connectivity index (χ4n) is 5.62. The Morgan fingerprint density at radius 3 is 2.53 bits per heavy atom. The van der Waals surface area contributed by atoms with E-state index in [-0.39, 0.29) is 23.2 Å². The molecule has 1 aromatic carbocycles. The van der Waals surface area contributed by atoms with Crippen molar-refractivity contribution in [3.8, 4) is 5.75 Å². The van der Waals surface area contributed by atoms with Crippen molar-refractivity contribution in [1.82, 2.24) is 10.2 Å². The quantitative estimate of drug-likeness (QED) is 0.468. The van der Waals surface area contributed by atoms with Gasteiger partial charge in [-0.25, -0.2) is 0 Å². The molecule has 1 amide bonds. The minimum Gasteiger partial charge on any atom is -0.427 e. The molecule has 0 aromatic heterocycles. The van der Waals surface area contributed by atoms with Crippen molar-refractivity contribution in [2.45, 2.75) is 76.7 Å². The number of nitrogens with zero attached hydrogens (tertiary/aromatic N) is 1. The molecule has 0 heterocycles. The molecule has 2 unspecified atom stereocenters. The Labute approximate surface area is 192 Å². The standard InChI is InChI=1S/C26H40N2O4/c1-20(29)27-19-25(13-6-4-7-14-25)17-24(30)32-23-12-9-11-21(16-23)26(31)15-8-5-10-22(26)18-28(2)3/h9,11-12,16,22,31H,4-8,10,13-15,17-19H2,1-3H3,(H,27,29). The van der Waals surface area contributed by atoms with E-state index in [2.05, 4.69) is 10.2 Å². The van der Waals surface area contributed by atoms with Gasteiger partial charge in [-0.15, -0.1) is 0 Å². The van der Waals surface area contributed by atoms with Gasteiger partial charge < -0.3 is 20.1 Å². The summed E-state index contributed by atoms with van der Waals surface area (Å²) in [4.78, 5) is 26.5. The van der Waals surface area contributed by atoms with Gasteiger partial charge in [-0.05, 0) is 62.9 Å². The summed E-state index contributed by atoms with van der Waals surface area (Å²) in [6.45, 7) is 2.86. The minimum absolute atomic E-state index is 0.0657. The van der Waals surface area contributed by atoms with Crippen molar-refractivity contribution >= 4 is 11.9 Å². The molecule has 0 saturated heterocycles. The second-order valence-corrected chi connectivity index (χ2v) is 10.3. The van der Waals surface area contributed by atoms with E-state index in [0.29, 0.717) is 18.7 Å². The largest absolute Gasteiger partial charge is 0.427 e. The molecule has 32 heavy (non-hydrogen) atoms. The molecule has 0 spiro atoms. The fraction of sp³-hybridized carbons (Fsp3) is 0.692. The van der Waals surface area contributed by atoms with Crippen LogP contribution in [0, 0.1) is 11.3 Å². The summed E-state index contributed by atoms with van der Waals surface area (Å²) in [5, 5.41) is 14.5. The van der Waals surface area contributed by atoms with Crippen LogP contribution in [0.3, 0.4) is 0 Å². The molecule has 2 aliphatic rings. The van der Waals surface area contributed by atoms with Crippen molar-refractivity contribution in [3.63, 3.8) is 0 Å². The number of hydrogen-bond acceptors (Lipinski definition) is 5. The number of carbonyl (C=O) groups is 2. The van der Waals surface area contributed by atoms with Crippen LogP contribution in [0.4, 0.5) is 0 Å². The molecule has 3 rings (SSSR count). The maximum absolute atomic E-state index is 12.9. The maximum Gasteiger partial charge on any atom is 0.311 e. The highest BCUT2D eigenvalue weighted by Crippen LogP contribution is 2.43. The van der Waals surface area contributed by atoms with Gasteiger partial charge in [-0.3, -0.25) is 9.59 Å². The number of benzene rings is 1. The number of rotatable bonds is 8. The summed E-state index contributed by atoms with van der Waals surface area (Å²) in [5.41, 5.74) is -0.294. The lowest BCUT2D eigenvalue weighted by atomic mass is 9.71. The highest BCUT2D eigenvalue weighted by Gasteiger charge is 2.41. The third-order valence-corrected chi connectivity index (χ3v) is 7.33. The lowest BCUT2D eigenvalue weighted by molar-refractivity contribution is -0.138. The van der Waals surface area contributed by atoms with Gasteiger partial charge in [-0.1, -0.05) is 44.2 Å². The number of esters is 1. The predicted molar refractivity (Wildman–Crippen MR) is 125 cm³/mol. The Balaban J connectivity index is 1.71. The molecule has 0 bridgehead atoms. The Bertz CT molecular complexity index is 788. The number of ether oxygens (including phenoxy) is 1. The molecule has 0 aliphatic heterocycles. The first-order valence-corrected chi connectivity index (χ1v) is 12.2. The summed E-state index contributed by atoms with van der Waals surface area (Å²) >= 11 is 0. The van der Waals surface area contributed by atoms with Crippen LogP contribution in [0.1, 0.15) is 76.7 Å². The van der Waals surface area contributed by atoms with E-state index >= 15 is 0 Å². The van der Waals surface area contributed by atoms with Crippen LogP contribution in [0.25, 0.3) is 0 Å². The van der Waals surface area contributed by atoms with Gasteiger partial charge in [0.2, 0.25) is 5.91 Å². The molecule has 0 radical (unpaired) electrons. The predicted octanol–water partition coefficient (Wildman–Crippen LogP) is 4.01. The molecular weight excluding hydrogens is 404 g/mol. The van der Waals surface area contributed by atoms with Crippen molar-refractivity contribution < 1.29 is 19.4 Å². The van der Waals surface area contributed by atoms with E-state index in [1.165, 1.54) is 13.3 Å². The van der Waals surface area contributed by atoms with Gasteiger partial charge >= 0.3 is 5.97 Å². The number of aliphatic hydroxyl groups is 1. The normalized spacial score (nSPS) is 25.3. The summed E-state index contributed by atoms with van der Waals surface area (Å²) in [6.07, 6.45) is 9.31. The molecule has 6 nitrogen and oxygen atoms in total. The van der Waals surface area contributed by atoms with Crippen LogP contribution < -0.4 is 10.1 Å². The van der Waals surface area contributed by atoms with Gasteiger partial charge in [0, 0.05) is 25.9 Å². The van der Waals surface area contributed by atoms with Crippen LogP contribution in [-0.4, -0.2) is 49.1 Å².